The van der Waals surface area contributed by atoms with E-state index < -0.39 is 17.6 Å². The number of hydrogen-bond donors (Lipinski definition) is 2. The summed E-state index contributed by atoms with van der Waals surface area (Å²) in [5.41, 5.74) is -0.904. The number of rotatable bonds is 3. The Hall–Kier alpha value is -2.05. The summed E-state index contributed by atoms with van der Waals surface area (Å²) in [5, 5.41) is 4.41. The number of alkyl halides is 3. The Bertz CT molecular complexity index is 444. The summed E-state index contributed by atoms with van der Waals surface area (Å²) in [6, 6.07) is 2.65. The highest BCUT2D eigenvalue weighted by Gasteiger charge is 2.31. The van der Waals surface area contributed by atoms with Crippen molar-refractivity contribution in [3.05, 3.63) is 23.8 Å². The molecule has 0 aliphatic carbocycles. The van der Waals surface area contributed by atoms with E-state index in [0.717, 1.165) is 18.2 Å². The van der Waals surface area contributed by atoms with Crippen molar-refractivity contribution < 1.29 is 22.8 Å². The first-order chi connectivity index (χ1) is 7.84. The summed E-state index contributed by atoms with van der Waals surface area (Å²) in [6.45, 7) is 1.21. The monoisotopic (exact) mass is 246 g/mol. The van der Waals surface area contributed by atoms with Gasteiger partial charge >= 0.3 is 6.18 Å². The molecule has 0 saturated heterocycles. The molecule has 2 N–H and O–H groups in total. The third kappa shape index (κ3) is 3.47. The van der Waals surface area contributed by atoms with Gasteiger partial charge in [-0.1, -0.05) is 0 Å². The minimum Gasteiger partial charge on any atom is -0.327 e. The summed E-state index contributed by atoms with van der Waals surface area (Å²) >= 11 is 0. The molecule has 0 heterocycles. The van der Waals surface area contributed by atoms with Crippen molar-refractivity contribution in [1.29, 1.82) is 0 Å². The zero-order chi connectivity index (χ0) is 13.1. The van der Waals surface area contributed by atoms with E-state index in [1.807, 2.05) is 0 Å². The number of carbonyl (C=O) groups excluding carboxylic acids is 2. The summed E-state index contributed by atoms with van der Waals surface area (Å²) in [5.74, 6) is -0.446. The average Bonchev–Trinajstić information content (AvgIpc) is 2.18. The molecule has 0 fully saturated rings. The number of carbonyl (C=O) groups is 2. The Morgan fingerprint density at radius 2 is 1.94 bits per heavy atom. The van der Waals surface area contributed by atoms with E-state index in [0.29, 0.717) is 0 Å². The van der Waals surface area contributed by atoms with Gasteiger partial charge in [0, 0.05) is 6.92 Å². The van der Waals surface area contributed by atoms with Crippen molar-refractivity contribution in [1.82, 2.24) is 0 Å². The molecule has 1 aromatic carbocycles. The molecule has 2 amide bonds. The topological polar surface area (TPSA) is 58.2 Å². The minimum absolute atomic E-state index is 0.106. The lowest BCUT2D eigenvalue weighted by atomic mass is 10.1. The fourth-order valence-corrected chi connectivity index (χ4v) is 1.20. The lowest BCUT2D eigenvalue weighted by molar-refractivity contribution is -0.137. The summed E-state index contributed by atoms with van der Waals surface area (Å²) in [4.78, 5) is 21.1. The van der Waals surface area contributed by atoms with Crippen LogP contribution in [0.5, 0.6) is 0 Å². The van der Waals surface area contributed by atoms with Gasteiger partial charge in [0.05, 0.1) is 16.9 Å². The molecule has 0 radical (unpaired) electrons. The quantitative estimate of drug-likeness (QED) is 0.803. The number of hydrogen-bond acceptors (Lipinski definition) is 2. The first kappa shape index (κ1) is 13.0. The van der Waals surface area contributed by atoms with Gasteiger partial charge in [-0.05, 0) is 18.2 Å². The smallest absolute Gasteiger partial charge is 0.327 e. The van der Waals surface area contributed by atoms with Crippen LogP contribution in [-0.2, 0) is 15.8 Å². The highest BCUT2D eigenvalue weighted by molar-refractivity contribution is 5.94. The molecular weight excluding hydrogens is 237 g/mol. The van der Waals surface area contributed by atoms with E-state index in [-0.39, 0.29) is 17.8 Å². The Morgan fingerprint density at radius 3 is 2.41 bits per heavy atom. The average molecular weight is 246 g/mol. The lowest BCUT2D eigenvalue weighted by Crippen LogP contribution is -2.11. The predicted octanol–water partition coefficient (Wildman–Crippen LogP) is 2.23. The second kappa shape index (κ2) is 4.86. The van der Waals surface area contributed by atoms with Crippen LogP contribution in [0.15, 0.2) is 18.2 Å². The maximum Gasteiger partial charge on any atom is 0.416 e. The van der Waals surface area contributed by atoms with E-state index in [1.54, 1.807) is 0 Å². The van der Waals surface area contributed by atoms with Crippen molar-refractivity contribution in [2.45, 2.75) is 13.1 Å². The van der Waals surface area contributed by atoms with Crippen LogP contribution in [0.1, 0.15) is 12.5 Å². The van der Waals surface area contributed by atoms with Crippen LogP contribution in [0, 0.1) is 0 Å². The van der Waals surface area contributed by atoms with E-state index in [9.17, 15) is 22.8 Å². The van der Waals surface area contributed by atoms with Gasteiger partial charge in [-0.2, -0.15) is 13.2 Å². The van der Waals surface area contributed by atoms with Crippen LogP contribution in [0.3, 0.4) is 0 Å². The number of nitrogens with one attached hydrogen (secondary N) is 2. The Labute approximate surface area is 94.8 Å². The van der Waals surface area contributed by atoms with Gasteiger partial charge in [0.1, 0.15) is 0 Å². The van der Waals surface area contributed by atoms with Gasteiger partial charge in [0.15, 0.2) is 0 Å². The van der Waals surface area contributed by atoms with Crippen LogP contribution in [-0.4, -0.2) is 12.3 Å². The SMILES string of the molecule is CC(=O)Nc1ccc(C(F)(F)F)cc1NC=O. The molecule has 0 aromatic heterocycles. The van der Waals surface area contributed by atoms with Crippen LogP contribution in [0.4, 0.5) is 24.5 Å². The fraction of sp³-hybridized carbons (Fsp3) is 0.200. The molecule has 0 atom stereocenters. The van der Waals surface area contributed by atoms with Gasteiger partial charge in [0.25, 0.3) is 0 Å². The molecule has 1 rings (SSSR count). The molecule has 0 aliphatic heterocycles. The Kier molecular flexibility index (Phi) is 3.72. The molecular formula is C10H9F3N2O2. The molecule has 17 heavy (non-hydrogen) atoms. The first-order valence-corrected chi connectivity index (χ1v) is 4.53. The standard InChI is InChI=1S/C10H9F3N2O2/c1-6(17)15-8-3-2-7(10(11,12)13)4-9(8)14-5-16/h2-5H,1H3,(H,14,16)(H,15,17). The Balaban J connectivity index is 3.16. The molecule has 0 unspecified atom stereocenters. The van der Waals surface area contributed by atoms with E-state index in [2.05, 4.69) is 10.6 Å². The molecule has 7 heteroatoms. The number of anilines is 2. The number of halogens is 3. The first-order valence-electron chi connectivity index (χ1n) is 4.53. The van der Waals surface area contributed by atoms with Crippen LogP contribution in [0.25, 0.3) is 0 Å². The number of amides is 2. The van der Waals surface area contributed by atoms with E-state index in [1.165, 1.54) is 6.92 Å². The van der Waals surface area contributed by atoms with Gasteiger partial charge < -0.3 is 10.6 Å². The maximum absolute atomic E-state index is 12.4. The second-order valence-electron chi connectivity index (χ2n) is 3.20. The maximum atomic E-state index is 12.4. The molecule has 1 aromatic rings. The molecule has 92 valence electrons. The third-order valence-corrected chi connectivity index (χ3v) is 1.87. The summed E-state index contributed by atoms with van der Waals surface area (Å²) < 4.78 is 37.2. The van der Waals surface area contributed by atoms with Crippen molar-refractivity contribution in [2.24, 2.45) is 0 Å². The minimum atomic E-state index is -4.51. The summed E-state index contributed by atoms with van der Waals surface area (Å²) in [6.07, 6.45) is -4.27. The van der Waals surface area contributed by atoms with Gasteiger partial charge in [0.2, 0.25) is 12.3 Å². The largest absolute Gasteiger partial charge is 0.416 e. The van der Waals surface area contributed by atoms with Crippen LogP contribution in [0.2, 0.25) is 0 Å². The van der Waals surface area contributed by atoms with Gasteiger partial charge in [-0.25, -0.2) is 0 Å². The molecule has 0 bridgehead atoms. The molecule has 0 aliphatic rings. The fourth-order valence-electron chi connectivity index (χ4n) is 1.20. The zero-order valence-electron chi connectivity index (χ0n) is 8.76. The second-order valence-corrected chi connectivity index (χ2v) is 3.20. The normalized spacial score (nSPS) is 10.8. The van der Waals surface area contributed by atoms with Gasteiger partial charge in [-0.3, -0.25) is 9.59 Å². The molecule has 4 nitrogen and oxygen atoms in total. The third-order valence-electron chi connectivity index (χ3n) is 1.87. The van der Waals surface area contributed by atoms with Crippen LogP contribution >= 0.6 is 0 Å². The van der Waals surface area contributed by atoms with Crippen molar-refractivity contribution in [3.8, 4) is 0 Å². The van der Waals surface area contributed by atoms with Crippen LogP contribution < -0.4 is 10.6 Å². The van der Waals surface area contributed by atoms with E-state index in [4.69, 9.17) is 0 Å². The van der Waals surface area contributed by atoms with Crippen molar-refractivity contribution in [2.75, 3.05) is 10.6 Å². The molecule has 0 spiro atoms. The lowest BCUT2D eigenvalue weighted by Gasteiger charge is -2.12. The van der Waals surface area contributed by atoms with Crippen molar-refractivity contribution >= 4 is 23.7 Å². The number of benzene rings is 1. The highest BCUT2D eigenvalue weighted by atomic mass is 19.4. The summed E-state index contributed by atoms with van der Waals surface area (Å²) in [7, 11) is 0. The Morgan fingerprint density at radius 1 is 1.29 bits per heavy atom. The predicted molar refractivity (Wildman–Crippen MR) is 55.4 cm³/mol. The van der Waals surface area contributed by atoms with E-state index >= 15 is 0 Å². The highest BCUT2D eigenvalue weighted by Crippen LogP contribution is 2.33. The van der Waals surface area contributed by atoms with Crippen molar-refractivity contribution in [3.63, 3.8) is 0 Å². The molecule has 0 saturated carbocycles. The zero-order valence-corrected chi connectivity index (χ0v) is 8.76. The van der Waals surface area contributed by atoms with Gasteiger partial charge in [-0.15, -0.1) is 0 Å².